The largest absolute Gasteiger partial charge is 0.443 e. The summed E-state index contributed by atoms with van der Waals surface area (Å²) in [5.74, 6) is 0.230. The van der Waals surface area contributed by atoms with Gasteiger partial charge in [0.2, 0.25) is 5.91 Å². The van der Waals surface area contributed by atoms with Gasteiger partial charge >= 0.3 is 6.09 Å². The molecule has 2 amide bonds. The zero-order chi connectivity index (χ0) is 23.2. The van der Waals surface area contributed by atoms with E-state index < -0.39 is 6.09 Å². The molecule has 5 heterocycles. The lowest BCUT2D eigenvalue weighted by Crippen LogP contribution is -2.32. The average molecular weight is 482 g/mol. The zero-order valence-electron chi connectivity index (χ0n) is 18.4. The number of nitrogens with one attached hydrogen (secondary N) is 2. The number of rotatable bonds is 6. The number of benzene rings is 1. The topological polar surface area (TPSA) is 86.8 Å². The summed E-state index contributed by atoms with van der Waals surface area (Å²) in [7, 11) is 0. The Morgan fingerprint density at radius 1 is 1.29 bits per heavy atom. The van der Waals surface area contributed by atoms with Gasteiger partial charge in [0, 0.05) is 41.7 Å². The number of cyclic esters (lactones) is 1. The number of amides is 2. The number of fused-ring (bicyclic) bond motifs is 1. The predicted octanol–water partition coefficient (Wildman–Crippen LogP) is 3.20. The highest BCUT2D eigenvalue weighted by Gasteiger charge is 2.35. The van der Waals surface area contributed by atoms with Gasteiger partial charge in [-0.15, -0.1) is 11.8 Å². The number of nitrogens with zero attached hydrogens (tertiary/aromatic N) is 3. The van der Waals surface area contributed by atoms with E-state index in [0.29, 0.717) is 31.1 Å². The van der Waals surface area contributed by atoms with Gasteiger partial charge in [-0.25, -0.2) is 9.18 Å². The monoisotopic (exact) mass is 481 g/mol. The summed E-state index contributed by atoms with van der Waals surface area (Å²) in [5.41, 5.74) is 3.98. The fourth-order valence-corrected chi connectivity index (χ4v) is 5.90. The number of ether oxygens (including phenoxy) is 1. The molecule has 1 saturated heterocycles. The van der Waals surface area contributed by atoms with Crippen molar-refractivity contribution in [3.05, 3.63) is 47.5 Å². The number of aromatic nitrogens is 1. The standard InChI is InChI=1S/C24H24FN5O3S/c25-17-10-27-18-2-1-7-29-11-14(22(17)23(18)29)5-6-26-9-16-12-30(24(32)33-16)15-3-4-20-19(8-15)28-21(31)13-34-20/h1-4,8,10,14,16,26H,5-7,9,11-13H2,(H,28,31)/t14-,16-/m0/s1. The Balaban J connectivity index is 1.04. The molecule has 0 bridgehead atoms. The summed E-state index contributed by atoms with van der Waals surface area (Å²) in [6.45, 7) is 3.22. The molecule has 10 heteroatoms. The van der Waals surface area contributed by atoms with E-state index in [0.717, 1.165) is 47.0 Å². The molecule has 4 aliphatic rings. The Morgan fingerprint density at radius 3 is 3.12 bits per heavy atom. The van der Waals surface area contributed by atoms with Crippen LogP contribution in [-0.2, 0) is 9.53 Å². The quantitative estimate of drug-likeness (QED) is 0.613. The normalized spacial score (nSPS) is 22.5. The highest BCUT2D eigenvalue weighted by atomic mass is 32.2. The van der Waals surface area contributed by atoms with Crippen LogP contribution in [0.1, 0.15) is 23.6 Å². The van der Waals surface area contributed by atoms with Gasteiger partial charge in [-0.2, -0.15) is 0 Å². The number of anilines is 3. The van der Waals surface area contributed by atoms with Crippen molar-refractivity contribution in [1.29, 1.82) is 0 Å². The Labute approximate surface area is 200 Å². The lowest BCUT2D eigenvalue weighted by atomic mass is 9.97. The van der Waals surface area contributed by atoms with Gasteiger partial charge in [0.25, 0.3) is 0 Å². The van der Waals surface area contributed by atoms with E-state index in [-0.39, 0.29) is 23.7 Å². The number of thioether (sulfide) groups is 1. The van der Waals surface area contributed by atoms with Gasteiger partial charge < -0.3 is 20.3 Å². The Kier molecular flexibility index (Phi) is 5.41. The minimum atomic E-state index is -0.394. The summed E-state index contributed by atoms with van der Waals surface area (Å²) in [6, 6.07) is 5.62. The van der Waals surface area contributed by atoms with Gasteiger partial charge in [-0.1, -0.05) is 6.08 Å². The molecule has 4 aliphatic heterocycles. The molecule has 0 saturated carbocycles. The fourth-order valence-electron chi connectivity index (χ4n) is 5.11. The van der Waals surface area contributed by atoms with Crippen LogP contribution < -0.4 is 20.4 Å². The lowest BCUT2D eigenvalue weighted by Gasteiger charge is -2.22. The van der Waals surface area contributed by atoms with Gasteiger partial charge in [-0.3, -0.25) is 14.7 Å². The van der Waals surface area contributed by atoms with Crippen LogP contribution in [0, 0.1) is 5.82 Å². The number of halogens is 1. The van der Waals surface area contributed by atoms with Crippen molar-refractivity contribution < 1.29 is 18.7 Å². The summed E-state index contributed by atoms with van der Waals surface area (Å²) in [5, 5.41) is 6.23. The number of hydrogen-bond donors (Lipinski definition) is 2. The first-order valence-electron chi connectivity index (χ1n) is 11.4. The lowest BCUT2D eigenvalue weighted by molar-refractivity contribution is -0.113. The molecule has 1 aromatic heterocycles. The van der Waals surface area contributed by atoms with Crippen LogP contribution >= 0.6 is 11.8 Å². The van der Waals surface area contributed by atoms with E-state index in [1.807, 2.05) is 24.3 Å². The molecule has 0 unspecified atom stereocenters. The molecule has 6 rings (SSSR count). The molecule has 1 aromatic carbocycles. The highest BCUT2D eigenvalue weighted by molar-refractivity contribution is 8.00. The third-order valence-corrected chi connectivity index (χ3v) is 7.74. The Hall–Kier alpha value is -3.11. The van der Waals surface area contributed by atoms with E-state index in [2.05, 4.69) is 26.6 Å². The molecule has 176 valence electrons. The summed E-state index contributed by atoms with van der Waals surface area (Å²) in [4.78, 5) is 33.2. The number of pyridine rings is 1. The van der Waals surface area contributed by atoms with E-state index >= 15 is 0 Å². The molecule has 8 nitrogen and oxygen atoms in total. The van der Waals surface area contributed by atoms with Crippen LogP contribution in [-0.4, -0.2) is 61.6 Å². The zero-order valence-corrected chi connectivity index (χ0v) is 19.2. The van der Waals surface area contributed by atoms with E-state index in [1.54, 1.807) is 4.90 Å². The third-order valence-electron chi connectivity index (χ3n) is 6.66. The molecule has 0 aliphatic carbocycles. The van der Waals surface area contributed by atoms with Crippen molar-refractivity contribution >= 4 is 46.9 Å². The molecule has 2 atom stereocenters. The summed E-state index contributed by atoms with van der Waals surface area (Å²) < 4.78 is 20.1. The van der Waals surface area contributed by atoms with E-state index in [1.165, 1.54) is 18.0 Å². The molecule has 2 N–H and O–H groups in total. The second kappa shape index (κ2) is 8.59. The first kappa shape index (κ1) is 21.4. The second-order valence-electron chi connectivity index (χ2n) is 8.88. The molecular weight excluding hydrogens is 457 g/mol. The van der Waals surface area contributed by atoms with Crippen LogP contribution in [0.15, 0.2) is 35.4 Å². The van der Waals surface area contributed by atoms with Crippen molar-refractivity contribution in [2.75, 3.05) is 53.6 Å². The van der Waals surface area contributed by atoms with Crippen molar-refractivity contribution in [1.82, 2.24) is 10.3 Å². The second-order valence-corrected chi connectivity index (χ2v) is 9.90. The maximum absolute atomic E-state index is 14.6. The highest BCUT2D eigenvalue weighted by Crippen LogP contribution is 2.43. The SMILES string of the molecule is O=C1CSc2ccc(N3C[C@H](CNCC[C@H]4CN5CC=Cc6ncc(F)c4c65)OC3=O)cc2N1. The van der Waals surface area contributed by atoms with Crippen molar-refractivity contribution in [3.8, 4) is 0 Å². The molecule has 0 radical (unpaired) electrons. The Bertz CT molecular complexity index is 1210. The fraction of sp³-hybridized carbons (Fsp3) is 0.375. The summed E-state index contributed by atoms with van der Waals surface area (Å²) >= 11 is 1.49. The van der Waals surface area contributed by atoms with Crippen LogP contribution in [0.5, 0.6) is 0 Å². The van der Waals surface area contributed by atoms with E-state index in [4.69, 9.17) is 4.74 Å². The minimum absolute atomic E-state index is 0.0426. The summed E-state index contributed by atoms with van der Waals surface area (Å²) in [6.07, 6.45) is 5.47. The molecule has 34 heavy (non-hydrogen) atoms. The number of carbonyl (C=O) groups excluding carboxylic acids is 2. The third kappa shape index (κ3) is 3.80. The maximum Gasteiger partial charge on any atom is 0.414 e. The van der Waals surface area contributed by atoms with Crippen LogP contribution in [0.4, 0.5) is 26.2 Å². The van der Waals surface area contributed by atoms with Crippen LogP contribution in [0.25, 0.3) is 6.08 Å². The smallest absolute Gasteiger partial charge is 0.414 e. The van der Waals surface area contributed by atoms with Crippen LogP contribution in [0.2, 0.25) is 0 Å². The van der Waals surface area contributed by atoms with Gasteiger partial charge in [0.1, 0.15) is 11.9 Å². The average Bonchev–Trinajstić information content (AvgIpc) is 3.40. The van der Waals surface area contributed by atoms with Gasteiger partial charge in [-0.05, 0) is 37.2 Å². The first-order valence-corrected chi connectivity index (χ1v) is 12.4. The first-order chi connectivity index (χ1) is 16.6. The van der Waals surface area contributed by atoms with Gasteiger partial charge in [0.05, 0.1) is 35.6 Å². The predicted molar refractivity (Wildman–Crippen MR) is 129 cm³/mol. The maximum atomic E-state index is 14.6. The molecular formula is C24H24FN5O3S. The van der Waals surface area contributed by atoms with Crippen molar-refractivity contribution in [2.45, 2.75) is 23.3 Å². The molecule has 1 fully saturated rings. The number of hydrogen-bond acceptors (Lipinski definition) is 7. The molecule has 0 spiro atoms. The number of carbonyl (C=O) groups is 2. The van der Waals surface area contributed by atoms with Crippen molar-refractivity contribution in [3.63, 3.8) is 0 Å². The minimum Gasteiger partial charge on any atom is -0.443 e. The Morgan fingerprint density at radius 2 is 2.21 bits per heavy atom. The van der Waals surface area contributed by atoms with Gasteiger partial charge in [0.15, 0.2) is 0 Å². The molecule has 2 aromatic rings. The van der Waals surface area contributed by atoms with E-state index in [9.17, 15) is 14.0 Å². The van der Waals surface area contributed by atoms with Crippen LogP contribution in [0.3, 0.4) is 0 Å². The van der Waals surface area contributed by atoms with Crippen molar-refractivity contribution in [2.24, 2.45) is 0 Å².